The van der Waals surface area contributed by atoms with Gasteiger partial charge in [0.25, 0.3) is 0 Å². The van der Waals surface area contributed by atoms with Crippen molar-refractivity contribution in [3.8, 4) is 0 Å². The van der Waals surface area contributed by atoms with Crippen LogP contribution in [-0.2, 0) is 6.54 Å². The third-order valence-electron chi connectivity index (χ3n) is 2.05. The summed E-state index contributed by atoms with van der Waals surface area (Å²) >= 11 is 5.05. The highest BCUT2D eigenvalue weighted by molar-refractivity contribution is 7.71. The van der Waals surface area contributed by atoms with Gasteiger partial charge in [0.2, 0.25) is 0 Å². The van der Waals surface area contributed by atoms with E-state index in [-0.39, 0.29) is 0 Å². The lowest BCUT2D eigenvalue weighted by atomic mass is 10.2. The molecule has 1 heterocycles. The van der Waals surface area contributed by atoms with E-state index in [2.05, 4.69) is 10.2 Å². The number of rotatable bonds is 4. The van der Waals surface area contributed by atoms with Crippen molar-refractivity contribution in [1.29, 1.82) is 0 Å². The monoisotopic (exact) mass is 216 g/mol. The van der Waals surface area contributed by atoms with Gasteiger partial charge in [-0.25, -0.2) is 0 Å². The molecule has 14 heavy (non-hydrogen) atoms. The molecule has 0 aliphatic heterocycles. The highest BCUT2D eigenvalue weighted by Crippen LogP contribution is 2.12. The highest BCUT2D eigenvalue weighted by atomic mass is 32.1. The minimum Gasteiger partial charge on any atom is -0.391 e. The van der Waals surface area contributed by atoms with Crippen molar-refractivity contribution < 1.29 is 5.11 Å². The standard InChI is InChI=1S/C8H16N4OS/c1-3-4-12-7(6(9)5(2)13)10-11-8(12)14/h5-6,13H,3-4,9H2,1-2H3,(H,11,14)/t5-,6-/m0/s1. The smallest absolute Gasteiger partial charge is 0.195 e. The van der Waals surface area contributed by atoms with Gasteiger partial charge in [-0.3, -0.25) is 5.10 Å². The minimum atomic E-state index is -0.629. The van der Waals surface area contributed by atoms with Gasteiger partial charge in [-0.2, -0.15) is 5.10 Å². The lowest BCUT2D eigenvalue weighted by Crippen LogP contribution is -2.26. The Hall–Kier alpha value is -0.720. The van der Waals surface area contributed by atoms with Crippen molar-refractivity contribution in [1.82, 2.24) is 14.8 Å². The van der Waals surface area contributed by atoms with Gasteiger partial charge in [-0.1, -0.05) is 6.92 Å². The van der Waals surface area contributed by atoms with Crippen LogP contribution in [0.2, 0.25) is 0 Å². The lowest BCUT2D eigenvalue weighted by molar-refractivity contribution is 0.158. The molecule has 4 N–H and O–H groups in total. The molecule has 0 aromatic carbocycles. The molecule has 0 fully saturated rings. The van der Waals surface area contributed by atoms with E-state index in [1.165, 1.54) is 0 Å². The zero-order valence-corrected chi connectivity index (χ0v) is 9.21. The predicted octanol–water partition coefficient (Wildman–Crippen LogP) is 0.731. The van der Waals surface area contributed by atoms with Crippen LogP contribution in [0.25, 0.3) is 0 Å². The first-order chi connectivity index (χ1) is 6.57. The molecule has 0 bridgehead atoms. The summed E-state index contributed by atoms with van der Waals surface area (Å²) in [6.45, 7) is 4.45. The van der Waals surface area contributed by atoms with Gasteiger partial charge in [0.15, 0.2) is 10.6 Å². The second kappa shape index (κ2) is 4.68. The summed E-state index contributed by atoms with van der Waals surface area (Å²) in [6, 6.07) is -0.491. The summed E-state index contributed by atoms with van der Waals surface area (Å²) in [7, 11) is 0. The van der Waals surface area contributed by atoms with Crippen LogP contribution < -0.4 is 5.73 Å². The van der Waals surface area contributed by atoms with Crippen molar-refractivity contribution in [3.05, 3.63) is 10.6 Å². The number of aliphatic hydroxyl groups excluding tert-OH is 1. The summed E-state index contributed by atoms with van der Waals surface area (Å²) in [5.41, 5.74) is 5.78. The molecular weight excluding hydrogens is 200 g/mol. The topological polar surface area (TPSA) is 79.9 Å². The van der Waals surface area contributed by atoms with Gasteiger partial charge in [0.1, 0.15) is 0 Å². The Morgan fingerprint density at radius 2 is 2.36 bits per heavy atom. The Kier molecular flexibility index (Phi) is 3.79. The molecule has 0 aliphatic rings. The third kappa shape index (κ3) is 2.20. The van der Waals surface area contributed by atoms with E-state index in [1.54, 1.807) is 6.92 Å². The van der Waals surface area contributed by atoms with E-state index in [0.717, 1.165) is 13.0 Å². The van der Waals surface area contributed by atoms with Crippen LogP contribution in [-0.4, -0.2) is 26.0 Å². The van der Waals surface area contributed by atoms with Crippen molar-refractivity contribution in [2.45, 2.75) is 39.0 Å². The van der Waals surface area contributed by atoms with Crippen LogP contribution in [0.15, 0.2) is 0 Å². The van der Waals surface area contributed by atoms with Crippen LogP contribution in [0, 0.1) is 4.77 Å². The summed E-state index contributed by atoms with van der Waals surface area (Å²) in [5.74, 6) is 0.617. The predicted molar refractivity (Wildman–Crippen MR) is 56.3 cm³/mol. The minimum absolute atomic E-state index is 0.491. The molecule has 0 spiro atoms. The summed E-state index contributed by atoms with van der Waals surface area (Å²) < 4.78 is 2.38. The summed E-state index contributed by atoms with van der Waals surface area (Å²) in [4.78, 5) is 0. The second-order valence-electron chi connectivity index (χ2n) is 3.30. The molecule has 1 rings (SSSR count). The average molecular weight is 216 g/mol. The Morgan fingerprint density at radius 3 is 2.86 bits per heavy atom. The molecule has 80 valence electrons. The number of aliphatic hydroxyl groups is 1. The summed E-state index contributed by atoms with van der Waals surface area (Å²) in [6.07, 6.45) is 0.323. The van der Waals surface area contributed by atoms with Crippen molar-refractivity contribution in [2.75, 3.05) is 0 Å². The molecule has 0 aliphatic carbocycles. The first kappa shape index (κ1) is 11.4. The van der Waals surface area contributed by atoms with Crippen molar-refractivity contribution in [3.63, 3.8) is 0 Å². The zero-order valence-electron chi connectivity index (χ0n) is 8.40. The van der Waals surface area contributed by atoms with Gasteiger partial charge < -0.3 is 15.4 Å². The van der Waals surface area contributed by atoms with E-state index in [1.807, 2.05) is 11.5 Å². The number of nitrogens with zero attached hydrogens (tertiary/aromatic N) is 2. The normalized spacial score (nSPS) is 15.4. The van der Waals surface area contributed by atoms with Crippen LogP contribution >= 0.6 is 12.2 Å². The van der Waals surface area contributed by atoms with Gasteiger partial charge in [0.05, 0.1) is 12.1 Å². The Balaban J connectivity index is 3.02. The van der Waals surface area contributed by atoms with Gasteiger partial charge in [0, 0.05) is 6.54 Å². The van der Waals surface area contributed by atoms with Gasteiger partial charge in [-0.15, -0.1) is 0 Å². The lowest BCUT2D eigenvalue weighted by Gasteiger charge is -2.14. The van der Waals surface area contributed by atoms with E-state index >= 15 is 0 Å². The van der Waals surface area contributed by atoms with Gasteiger partial charge >= 0.3 is 0 Å². The van der Waals surface area contributed by atoms with Crippen LogP contribution in [0.1, 0.15) is 32.1 Å². The van der Waals surface area contributed by atoms with E-state index in [4.69, 9.17) is 18.0 Å². The van der Waals surface area contributed by atoms with E-state index < -0.39 is 12.1 Å². The molecule has 6 heteroatoms. The molecule has 1 aromatic heterocycles. The molecule has 0 saturated carbocycles. The number of aromatic amines is 1. The van der Waals surface area contributed by atoms with Crippen LogP contribution in [0.4, 0.5) is 0 Å². The van der Waals surface area contributed by atoms with Crippen LogP contribution in [0.3, 0.4) is 0 Å². The largest absolute Gasteiger partial charge is 0.391 e. The number of aromatic nitrogens is 3. The maximum Gasteiger partial charge on any atom is 0.195 e. The molecule has 0 unspecified atom stereocenters. The Labute approximate surface area is 87.9 Å². The molecule has 1 aromatic rings. The number of H-pyrrole nitrogens is 1. The van der Waals surface area contributed by atoms with Crippen molar-refractivity contribution in [2.24, 2.45) is 5.73 Å². The van der Waals surface area contributed by atoms with Crippen LogP contribution in [0.5, 0.6) is 0 Å². The fourth-order valence-electron chi connectivity index (χ4n) is 1.24. The SMILES string of the molecule is CCCn1c([C@@H](N)[C@H](C)O)n[nH]c1=S. The maximum absolute atomic E-state index is 9.35. The maximum atomic E-state index is 9.35. The molecule has 2 atom stereocenters. The van der Waals surface area contributed by atoms with Gasteiger partial charge in [-0.05, 0) is 25.6 Å². The number of nitrogens with two attached hydrogens (primary N) is 1. The average Bonchev–Trinajstić information content (AvgIpc) is 2.48. The molecule has 0 saturated heterocycles. The summed E-state index contributed by atoms with van der Waals surface area (Å²) in [5, 5.41) is 16.0. The number of nitrogens with one attached hydrogen (secondary N) is 1. The fourth-order valence-corrected chi connectivity index (χ4v) is 1.47. The second-order valence-corrected chi connectivity index (χ2v) is 3.69. The first-order valence-corrected chi connectivity index (χ1v) is 5.07. The quantitative estimate of drug-likeness (QED) is 0.648. The number of hydrogen-bond acceptors (Lipinski definition) is 4. The zero-order chi connectivity index (χ0) is 10.7. The number of hydrogen-bond donors (Lipinski definition) is 3. The van der Waals surface area contributed by atoms with Crippen molar-refractivity contribution >= 4 is 12.2 Å². The Bertz CT molecular complexity index is 343. The third-order valence-corrected chi connectivity index (χ3v) is 2.36. The fraction of sp³-hybridized carbons (Fsp3) is 0.750. The molecule has 5 nitrogen and oxygen atoms in total. The van der Waals surface area contributed by atoms with E-state index in [0.29, 0.717) is 10.6 Å². The Morgan fingerprint density at radius 1 is 1.71 bits per heavy atom. The molecule has 0 amide bonds. The first-order valence-electron chi connectivity index (χ1n) is 4.66. The highest BCUT2D eigenvalue weighted by Gasteiger charge is 2.18. The molecule has 0 radical (unpaired) electrons. The molecular formula is C8H16N4OS. The van der Waals surface area contributed by atoms with E-state index in [9.17, 15) is 5.11 Å².